The van der Waals surface area contributed by atoms with Crippen molar-refractivity contribution in [3.8, 4) is 29.0 Å². The SMILES string of the molecule is C[C@@H](C#N)Oc1ccc(-c2ccc(C#N)cc2)cc1. The van der Waals surface area contributed by atoms with Crippen molar-refractivity contribution in [2.24, 2.45) is 0 Å². The van der Waals surface area contributed by atoms with E-state index in [-0.39, 0.29) is 0 Å². The predicted molar refractivity (Wildman–Crippen MR) is 72.3 cm³/mol. The Morgan fingerprint density at radius 2 is 1.42 bits per heavy atom. The van der Waals surface area contributed by atoms with Crippen LogP contribution in [0, 0.1) is 22.7 Å². The molecule has 2 aromatic rings. The first kappa shape index (κ1) is 12.7. The van der Waals surface area contributed by atoms with E-state index in [1.54, 1.807) is 19.1 Å². The maximum absolute atomic E-state index is 8.75. The molecule has 19 heavy (non-hydrogen) atoms. The molecule has 92 valence electrons. The summed E-state index contributed by atoms with van der Waals surface area (Å²) in [6.07, 6.45) is -0.458. The first-order valence-corrected chi connectivity index (χ1v) is 5.90. The molecule has 3 nitrogen and oxygen atoms in total. The van der Waals surface area contributed by atoms with E-state index in [0.29, 0.717) is 11.3 Å². The molecule has 0 N–H and O–H groups in total. The topological polar surface area (TPSA) is 56.8 Å². The summed E-state index contributed by atoms with van der Waals surface area (Å²) in [4.78, 5) is 0. The van der Waals surface area contributed by atoms with Gasteiger partial charge in [0.15, 0.2) is 6.10 Å². The van der Waals surface area contributed by atoms with Gasteiger partial charge in [-0.3, -0.25) is 0 Å². The number of nitriles is 2. The van der Waals surface area contributed by atoms with Crippen molar-refractivity contribution in [3.63, 3.8) is 0 Å². The molecule has 0 bridgehead atoms. The van der Waals surface area contributed by atoms with Gasteiger partial charge in [-0.15, -0.1) is 0 Å². The van der Waals surface area contributed by atoms with E-state index in [9.17, 15) is 0 Å². The molecule has 0 radical (unpaired) electrons. The zero-order valence-corrected chi connectivity index (χ0v) is 10.5. The molecule has 0 spiro atoms. The third kappa shape index (κ3) is 3.12. The predicted octanol–water partition coefficient (Wildman–Crippen LogP) is 3.52. The van der Waals surface area contributed by atoms with Crippen molar-refractivity contribution in [1.82, 2.24) is 0 Å². The minimum Gasteiger partial charge on any atom is -0.476 e. The summed E-state index contributed by atoms with van der Waals surface area (Å²) in [6, 6.07) is 19.0. The van der Waals surface area contributed by atoms with Gasteiger partial charge in [0.25, 0.3) is 0 Å². The second-order valence-electron chi connectivity index (χ2n) is 4.10. The molecule has 0 heterocycles. The first-order valence-electron chi connectivity index (χ1n) is 5.90. The summed E-state index contributed by atoms with van der Waals surface area (Å²) in [5, 5.41) is 17.4. The lowest BCUT2D eigenvalue weighted by Crippen LogP contribution is -2.07. The van der Waals surface area contributed by atoms with E-state index in [2.05, 4.69) is 6.07 Å². The zero-order valence-electron chi connectivity index (χ0n) is 10.5. The van der Waals surface area contributed by atoms with Crippen molar-refractivity contribution in [3.05, 3.63) is 54.1 Å². The third-order valence-corrected chi connectivity index (χ3v) is 2.70. The standard InChI is InChI=1S/C16H12N2O/c1-12(10-17)19-16-8-6-15(7-9-16)14-4-2-13(11-18)3-5-14/h2-9,12H,1H3/t12-/m0/s1. The lowest BCUT2D eigenvalue weighted by molar-refractivity contribution is 0.276. The molecule has 2 rings (SSSR count). The molecule has 2 aromatic carbocycles. The normalized spacial score (nSPS) is 11.1. The Hall–Kier alpha value is -2.78. The molecule has 0 saturated heterocycles. The quantitative estimate of drug-likeness (QED) is 0.835. The van der Waals surface area contributed by atoms with E-state index in [0.717, 1.165) is 11.1 Å². The average Bonchev–Trinajstić information content (AvgIpc) is 2.48. The molecule has 0 saturated carbocycles. The molecule has 0 aliphatic rings. The van der Waals surface area contributed by atoms with Crippen LogP contribution in [0.3, 0.4) is 0 Å². The number of nitrogens with zero attached hydrogens (tertiary/aromatic N) is 2. The van der Waals surface area contributed by atoms with Gasteiger partial charge in [0.2, 0.25) is 0 Å². The zero-order chi connectivity index (χ0) is 13.7. The third-order valence-electron chi connectivity index (χ3n) is 2.70. The second kappa shape index (κ2) is 5.71. The van der Waals surface area contributed by atoms with Crippen LogP contribution in [0.2, 0.25) is 0 Å². The Kier molecular flexibility index (Phi) is 3.81. The van der Waals surface area contributed by atoms with E-state index in [1.807, 2.05) is 42.5 Å². The van der Waals surface area contributed by atoms with Gasteiger partial charge in [0, 0.05) is 0 Å². The van der Waals surface area contributed by atoms with Crippen LogP contribution in [-0.4, -0.2) is 6.10 Å². The number of hydrogen-bond donors (Lipinski definition) is 0. The summed E-state index contributed by atoms with van der Waals surface area (Å²) in [5.74, 6) is 0.673. The Labute approximate surface area is 112 Å². The Balaban J connectivity index is 2.18. The highest BCUT2D eigenvalue weighted by molar-refractivity contribution is 5.64. The van der Waals surface area contributed by atoms with E-state index in [1.165, 1.54) is 0 Å². The van der Waals surface area contributed by atoms with Gasteiger partial charge in [-0.05, 0) is 42.3 Å². The largest absolute Gasteiger partial charge is 0.476 e. The summed E-state index contributed by atoms with van der Waals surface area (Å²) < 4.78 is 5.39. The number of benzene rings is 2. The van der Waals surface area contributed by atoms with Crippen molar-refractivity contribution in [2.75, 3.05) is 0 Å². The highest BCUT2D eigenvalue weighted by atomic mass is 16.5. The van der Waals surface area contributed by atoms with Crippen LogP contribution in [-0.2, 0) is 0 Å². The summed E-state index contributed by atoms with van der Waals surface area (Å²) >= 11 is 0. The fraction of sp³-hybridized carbons (Fsp3) is 0.125. The minimum atomic E-state index is -0.458. The lowest BCUT2D eigenvalue weighted by atomic mass is 10.0. The molecule has 1 atom stereocenters. The van der Waals surface area contributed by atoms with Crippen LogP contribution in [0.5, 0.6) is 5.75 Å². The lowest BCUT2D eigenvalue weighted by Gasteiger charge is -2.08. The van der Waals surface area contributed by atoms with Crippen molar-refractivity contribution in [1.29, 1.82) is 10.5 Å². The highest BCUT2D eigenvalue weighted by Gasteiger charge is 2.02. The molecular formula is C16H12N2O. The van der Waals surface area contributed by atoms with Gasteiger partial charge in [-0.1, -0.05) is 24.3 Å². The van der Waals surface area contributed by atoms with Crippen molar-refractivity contribution >= 4 is 0 Å². The summed E-state index contributed by atoms with van der Waals surface area (Å²) in [6.45, 7) is 1.70. The summed E-state index contributed by atoms with van der Waals surface area (Å²) in [5.41, 5.74) is 2.73. The van der Waals surface area contributed by atoms with Gasteiger partial charge in [-0.2, -0.15) is 10.5 Å². The number of hydrogen-bond acceptors (Lipinski definition) is 3. The van der Waals surface area contributed by atoms with Crippen molar-refractivity contribution in [2.45, 2.75) is 13.0 Å². The molecule has 0 amide bonds. The number of ether oxygens (including phenoxy) is 1. The maximum atomic E-state index is 8.75. The van der Waals surface area contributed by atoms with Gasteiger partial charge in [-0.25, -0.2) is 0 Å². The fourth-order valence-corrected chi connectivity index (χ4v) is 1.69. The van der Waals surface area contributed by atoms with E-state index in [4.69, 9.17) is 15.3 Å². The number of rotatable bonds is 3. The molecule has 3 heteroatoms. The van der Waals surface area contributed by atoms with Crippen LogP contribution in [0.25, 0.3) is 11.1 Å². The van der Waals surface area contributed by atoms with Crippen LogP contribution in [0.15, 0.2) is 48.5 Å². The average molecular weight is 248 g/mol. The summed E-state index contributed by atoms with van der Waals surface area (Å²) in [7, 11) is 0. The smallest absolute Gasteiger partial charge is 0.181 e. The van der Waals surface area contributed by atoms with Gasteiger partial charge in [0.1, 0.15) is 11.8 Å². The second-order valence-corrected chi connectivity index (χ2v) is 4.10. The van der Waals surface area contributed by atoms with E-state index < -0.39 is 6.10 Å². The highest BCUT2D eigenvalue weighted by Crippen LogP contribution is 2.23. The maximum Gasteiger partial charge on any atom is 0.181 e. The van der Waals surface area contributed by atoms with E-state index >= 15 is 0 Å². The molecule has 0 unspecified atom stereocenters. The monoisotopic (exact) mass is 248 g/mol. The van der Waals surface area contributed by atoms with Crippen LogP contribution in [0.1, 0.15) is 12.5 Å². The van der Waals surface area contributed by atoms with Gasteiger partial charge in [0.05, 0.1) is 11.6 Å². The van der Waals surface area contributed by atoms with Crippen molar-refractivity contribution < 1.29 is 4.74 Å². The van der Waals surface area contributed by atoms with Crippen LogP contribution < -0.4 is 4.74 Å². The van der Waals surface area contributed by atoms with Gasteiger partial charge < -0.3 is 4.74 Å². The fourth-order valence-electron chi connectivity index (χ4n) is 1.69. The van der Waals surface area contributed by atoms with Crippen LogP contribution >= 0.6 is 0 Å². The Bertz CT molecular complexity index is 630. The minimum absolute atomic E-state index is 0.458. The molecular weight excluding hydrogens is 236 g/mol. The molecule has 0 aromatic heterocycles. The molecule has 0 aliphatic heterocycles. The van der Waals surface area contributed by atoms with Gasteiger partial charge >= 0.3 is 0 Å². The first-order chi connectivity index (χ1) is 9.22. The molecule has 0 fully saturated rings. The molecule has 0 aliphatic carbocycles. The Morgan fingerprint density at radius 3 is 1.89 bits per heavy atom. The Morgan fingerprint density at radius 1 is 0.895 bits per heavy atom. The van der Waals surface area contributed by atoms with Crippen LogP contribution in [0.4, 0.5) is 0 Å².